The van der Waals surface area contributed by atoms with E-state index < -0.39 is 0 Å². The normalized spacial score (nSPS) is 19.2. The Morgan fingerprint density at radius 2 is 1.92 bits per heavy atom. The van der Waals surface area contributed by atoms with Crippen molar-refractivity contribution in [3.63, 3.8) is 0 Å². The average Bonchev–Trinajstić information content (AvgIpc) is 2.60. The van der Waals surface area contributed by atoms with Gasteiger partial charge in [-0.1, -0.05) is 38.1 Å². The van der Waals surface area contributed by atoms with Crippen LogP contribution in [0.5, 0.6) is 0 Å². The molecule has 1 unspecified atom stereocenters. The number of fused-ring (bicyclic) bond motifs is 2. The smallest absolute Gasteiger partial charge is 0.0408 e. The predicted molar refractivity (Wildman–Crippen MR) is 103 cm³/mol. The van der Waals surface area contributed by atoms with Crippen molar-refractivity contribution in [3.05, 3.63) is 58.1 Å². The number of benzene rings is 2. The van der Waals surface area contributed by atoms with E-state index in [0.717, 1.165) is 19.5 Å². The van der Waals surface area contributed by atoms with Crippen LogP contribution >= 0.6 is 0 Å². The summed E-state index contributed by atoms with van der Waals surface area (Å²) in [6.07, 6.45) is 3.61. The van der Waals surface area contributed by atoms with Crippen LogP contribution in [-0.2, 0) is 12.8 Å². The van der Waals surface area contributed by atoms with Gasteiger partial charge in [-0.25, -0.2) is 0 Å². The average molecular weight is 320 g/mol. The van der Waals surface area contributed by atoms with Crippen molar-refractivity contribution in [2.45, 2.75) is 51.9 Å². The molecule has 0 aromatic heterocycles. The van der Waals surface area contributed by atoms with Crippen LogP contribution in [0.1, 0.15) is 59.9 Å². The van der Waals surface area contributed by atoms with E-state index in [4.69, 9.17) is 0 Å². The van der Waals surface area contributed by atoms with Crippen LogP contribution in [0.25, 0.3) is 0 Å². The Bertz CT molecular complexity index is 761. The summed E-state index contributed by atoms with van der Waals surface area (Å²) in [5.41, 5.74) is 10.1. The van der Waals surface area contributed by atoms with Gasteiger partial charge in [-0.15, -0.1) is 0 Å². The number of nitrogens with one attached hydrogen (secondary N) is 2. The van der Waals surface area contributed by atoms with E-state index in [2.05, 4.69) is 61.7 Å². The first kappa shape index (κ1) is 15.6. The van der Waals surface area contributed by atoms with Gasteiger partial charge in [0.15, 0.2) is 0 Å². The molecule has 2 aromatic rings. The van der Waals surface area contributed by atoms with E-state index in [0.29, 0.717) is 11.8 Å². The first-order valence-electron chi connectivity index (χ1n) is 9.36. The first-order chi connectivity index (χ1) is 11.6. The molecule has 2 aliphatic heterocycles. The topological polar surface area (TPSA) is 24.1 Å². The lowest BCUT2D eigenvalue weighted by Crippen LogP contribution is -2.23. The van der Waals surface area contributed by atoms with Crippen molar-refractivity contribution in [1.82, 2.24) is 0 Å². The van der Waals surface area contributed by atoms with Crippen LogP contribution in [-0.4, -0.2) is 13.1 Å². The van der Waals surface area contributed by atoms with E-state index in [1.807, 2.05) is 0 Å². The summed E-state index contributed by atoms with van der Waals surface area (Å²) in [6.45, 7) is 8.95. The lowest BCUT2D eigenvalue weighted by Gasteiger charge is -2.30. The van der Waals surface area contributed by atoms with Crippen molar-refractivity contribution in [3.8, 4) is 0 Å². The van der Waals surface area contributed by atoms with Gasteiger partial charge in [0, 0.05) is 30.4 Å². The summed E-state index contributed by atoms with van der Waals surface area (Å²) in [5.74, 6) is 1.14. The second-order valence-corrected chi connectivity index (χ2v) is 7.77. The van der Waals surface area contributed by atoms with Gasteiger partial charge in [-0.05, 0) is 66.0 Å². The molecular weight excluding hydrogens is 292 g/mol. The molecule has 1 atom stereocenters. The van der Waals surface area contributed by atoms with Crippen LogP contribution in [0.4, 0.5) is 11.4 Å². The van der Waals surface area contributed by atoms with Gasteiger partial charge in [0.05, 0.1) is 0 Å². The van der Waals surface area contributed by atoms with Gasteiger partial charge in [-0.3, -0.25) is 0 Å². The second-order valence-electron chi connectivity index (χ2n) is 7.77. The van der Waals surface area contributed by atoms with E-state index in [1.54, 1.807) is 0 Å². The summed E-state index contributed by atoms with van der Waals surface area (Å²) < 4.78 is 0. The van der Waals surface area contributed by atoms with Crippen LogP contribution in [0.15, 0.2) is 30.3 Å². The highest BCUT2D eigenvalue weighted by molar-refractivity contribution is 5.63. The molecule has 2 heterocycles. The lowest BCUT2D eigenvalue weighted by molar-refractivity contribution is 0.688. The zero-order chi connectivity index (χ0) is 16.7. The molecule has 0 saturated heterocycles. The van der Waals surface area contributed by atoms with Gasteiger partial charge >= 0.3 is 0 Å². The fraction of sp³-hybridized carbons (Fsp3) is 0.455. The largest absolute Gasteiger partial charge is 0.385 e. The number of hydrogen-bond acceptors (Lipinski definition) is 2. The van der Waals surface area contributed by atoms with Crippen molar-refractivity contribution in [1.29, 1.82) is 0 Å². The van der Waals surface area contributed by atoms with Crippen molar-refractivity contribution >= 4 is 11.4 Å². The predicted octanol–water partition coefficient (Wildman–Crippen LogP) is 5.23. The molecule has 0 fully saturated rings. The molecule has 0 bridgehead atoms. The number of hydrogen-bond donors (Lipinski definition) is 2. The Morgan fingerprint density at radius 3 is 2.75 bits per heavy atom. The Morgan fingerprint density at radius 1 is 1.04 bits per heavy atom. The SMILES string of the molecule is Cc1ccc2c(c1)NCC(c1cc3c(c(C(C)C)c1)NCCC3)C2. The van der Waals surface area contributed by atoms with Gasteiger partial charge in [0.2, 0.25) is 0 Å². The lowest BCUT2D eigenvalue weighted by atomic mass is 9.83. The summed E-state index contributed by atoms with van der Waals surface area (Å²) >= 11 is 0. The summed E-state index contributed by atoms with van der Waals surface area (Å²) in [4.78, 5) is 0. The summed E-state index contributed by atoms with van der Waals surface area (Å²) in [5, 5.41) is 7.31. The van der Waals surface area contributed by atoms with E-state index in [-0.39, 0.29) is 0 Å². The van der Waals surface area contributed by atoms with Gasteiger partial charge in [0.1, 0.15) is 0 Å². The third kappa shape index (κ3) is 2.79. The molecular formula is C22H28N2. The van der Waals surface area contributed by atoms with E-state index in [9.17, 15) is 0 Å². The second kappa shape index (κ2) is 6.16. The fourth-order valence-electron chi connectivity index (χ4n) is 4.19. The highest BCUT2D eigenvalue weighted by atomic mass is 14.9. The monoisotopic (exact) mass is 320 g/mol. The van der Waals surface area contributed by atoms with Crippen molar-refractivity contribution < 1.29 is 0 Å². The highest BCUT2D eigenvalue weighted by Gasteiger charge is 2.23. The van der Waals surface area contributed by atoms with Crippen LogP contribution in [0, 0.1) is 6.92 Å². The van der Waals surface area contributed by atoms with Crippen molar-refractivity contribution in [2.24, 2.45) is 0 Å². The minimum absolute atomic E-state index is 0.566. The molecule has 0 saturated carbocycles. The Labute approximate surface area is 145 Å². The standard InChI is InChI=1S/C22H28N2/c1-14(2)20-12-18(11-17-5-4-8-23-22(17)20)19-10-16-7-6-15(3)9-21(16)24-13-19/h6-7,9,11-12,14,19,23-24H,4-5,8,10,13H2,1-3H3. The molecule has 2 heteroatoms. The molecule has 0 spiro atoms. The van der Waals surface area contributed by atoms with Gasteiger partial charge in [0.25, 0.3) is 0 Å². The molecule has 0 radical (unpaired) electrons. The zero-order valence-corrected chi connectivity index (χ0v) is 15.1. The molecule has 126 valence electrons. The molecule has 0 amide bonds. The Balaban J connectivity index is 1.69. The van der Waals surface area contributed by atoms with Crippen LogP contribution in [0.2, 0.25) is 0 Å². The Hall–Kier alpha value is -1.96. The maximum atomic E-state index is 3.67. The Kier molecular flexibility index (Phi) is 3.99. The molecule has 2 aromatic carbocycles. The van der Waals surface area contributed by atoms with Crippen LogP contribution < -0.4 is 10.6 Å². The van der Waals surface area contributed by atoms with Gasteiger partial charge in [-0.2, -0.15) is 0 Å². The summed E-state index contributed by atoms with van der Waals surface area (Å²) in [6, 6.07) is 11.8. The zero-order valence-electron chi connectivity index (χ0n) is 15.1. The minimum Gasteiger partial charge on any atom is -0.385 e. The minimum atomic E-state index is 0.566. The van der Waals surface area contributed by atoms with E-state index >= 15 is 0 Å². The third-order valence-electron chi connectivity index (χ3n) is 5.56. The number of rotatable bonds is 2. The first-order valence-corrected chi connectivity index (χ1v) is 9.36. The molecule has 24 heavy (non-hydrogen) atoms. The fourth-order valence-corrected chi connectivity index (χ4v) is 4.19. The van der Waals surface area contributed by atoms with E-state index in [1.165, 1.54) is 52.0 Å². The quantitative estimate of drug-likeness (QED) is 0.792. The van der Waals surface area contributed by atoms with Gasteiger partial charge < -0.3 is 10.6 Å². The van der Waals surface area contributed by atoms with Crippen LogP contribution in [0.3, 0.4) is 0 Å². The number of anilines is 2. The maximum Gasteiger partial charge on any atom is 0.0408 e. The molecule has 2 aliphatic rings. The molecule has 4 rings (SSSR count). The molecule has 2 N–H and O–H groups in total. The highest BCUT2D eigenvalue weighted by Crippen LogP contribution is 2.37. The maximum absolute atomic E-state index is 3.67. The number of aryl methyl sites for hydroxylation is 2. The molecule has 2 nitrogen and oxygen atoms in total. The van der Waals surface area contributed by atoms with Crippen molar-refractivity contribution in [2.75, 3.05) is 23.7 Å². The third-order valence-corrected chi connectivity index (χ3v) is 5.56. The summed E-state index contributed by atoms with van der Waals surface area (Å²) in [7, 11) is 0. The molecule has 0 aliphatic carbocycles.